The fourth-order valence-corrected chi connectivity index (χ4v) is 2.98. The van der Waals surface area contributed by atoms with E-state index in [9.17, 15) is 4.79 Å². The van der Waals surface area contributed by atoms with Crippen molar-refractivity contribution in [2.24, 2.45) is 5.41 Å². The largest absolute Gasteiger partial charge is 0.492 e. The molecule has 0 bridgehead atoms. The molecule has 0 amide bonds. The van der Waals surface area contributed by atoms with Gasteiger partial charge in [0.25, 0.3) is 0 Å². The quantitative estimate of drug-likeness (QED) is 0.663. The third kappa shape index (κ3) is 3.24. The Bertz CT molecular complexity index is 439. The summed E-state index contributed by atoms with van der Waals surface area (Å²) in [7, 11) is 1.38. The molecule has 0 aliphatic heterocycles. The van der Waals surface area contributed by atoms with E-state index in [1.807, 2.05) is 18.2 Å². The molecule has 1 aliphatic carbocycles. The Morgan fingerprint density at radius 2 is 2.00 bits per heavy atom. The third-order valence-electron chi connectivity index (χ3n) is 3.83. The van der Waals surface area contributed by atoms with Crippen LogP contribution in [0.25, 0.3) is 0 Å². The molecule has 3 nitrogen and oxygen atoms in total. The summed E-state index contributed by atoms with van der Waals surface area (Å²) in [6, 6.07) is 7.21. The molecule has 1 aliphatic rings. The van der Waals surface area contributed by atoms with Gasteiger partial charge in [0.2, 0.25) is 0 Å². The second kappa shape index (κ2) is 6.33. The number of hydrogen-bond acceptors (Lipinski definition) is 4. The standard InChI is InChI=1S/C15H20O3S/c1-17-14(16)12-6-2-3-7-13(12)18-10-15(11-19)8-4-5-9-15/h2-3,6-7,19H,4-5,8-11H2,1H3. The first-order valence-corrected chi connectivity index (χ1v) is 7.25. The van der Waals surface area contributed by atoms with Gasteiger partial charge >= 0.3 is 5.97 Å². The van der Waals surface area contributed by atoms with Gasteiger partial charge in [-0.25, -0.2) is 4.79 Å². The molecule has 0 heterocycles. The van der Waals surface area contributed by atoms with Crippen LogP contribution in [0.1, 0.15) is 36.0 Å². The maximum atomic E-state index is 11.7. The SMILES string of the molecule is COC(=O)c1ccccc1OCC1(CS)CCCC1. The molecule has 0 aromatic heterocycles. The number of carbonyl (C=O) groups is 1. The van der Waals surface area contributed by atoms with Crippen molar-refractivity contribution in [3.05, 3.63) is 29.8 Å². The summed E-state index contributed by atoms with van der Waals surface area (Å²) in [5.41, 5.74) is 0.643. The number of carbonyl (C=O) groups excluding carboxylic acids is 1. The van der Waals surface area contributed by atoms with Crippen molar-refractivity contribution in [1.82, 2.24) is 0 Å². The molecule has 2 rings (SSSR count). The highest BCUT2D eigenvalue weighted by Crippen LogP contribution is 2.39. The monoisotopic (exact) mass is 280 g/mol. The average Bonchev–Trinajstić information content (AvgIpc) is 2.94. The number of ether oxygens (including phenoxy) is 2. The van der Waals surface area contributed by atoms with Crippen LogP contribution in [0, 0.1) is 5.41 Å². The van der Waals surface area contributed by atoms with Crippen LogP contribution in [0.5, 0.6) is 5.75 Å². The van der Waals surface area contributed by atoms with Crippen LogP contribution >= 0.6 is 12.6 Å². The van der Waals surface area contributed by atoms with E-state index in [0.717, 1.165) is 18.6 Å². The molecule has 0 unspecified atom stereocenters. The molecule has 0 radical (unpaired) electrons. The highest BCUT2D eigenvalue weighted by molar-refractivity contribution is 7.80. The van der Waals surface area contributed by atoms with Gasteiger partial charge in [0.05, 0.1) is 13.7 Å². The molecule has 0 N–H and O–H groups in total. The minimum absolute atomic E-state index is 0.159. The lowest BCUT2D eigenvalue weighted by molar-refractivity contribution is 0.0593. The smallest absolute Gasteiger partial charge is 0.341 e. The highest BCUT2D eigenvalue weighted by atomic mass is 32.1. The number of thiol groups is 1. The topological polar surface area (TPSA) is 35.5 Å². The van der Waals surface area contributed by atoms with Crippen LogP contribution in [-0.4, -0.2) is 25.4 Å². The molecule has 0 spiro atoms. The van der Waals surface area contributed by atoms with Gasteiger partial charge in [-0.1, -0.05) is 25.0 Å². The van der Waals surface area contributed by atoms with Gasteiger partial charge in [-0.2, -0.15) is 12.6 Å². The highest BCUT2D eigenvalue weighted by Gasteiger charge is 2.33. The Balaban J connectivity index is 2.09. The maximum Gasteiger partial charge on any atom is 0.341 e. The van der Waals surface area contributed by atoms with Crippen LogP contribution in [0.2, 0.25) is 0 Å². The van der Waals surface area contributed by atoms with Gasteiger partial charge in [0.1, 0.15) is 11.3 Å². The van der Waals surface area contributed by atoms with Crippen molar-refractivity contribution in [2.75, 3.05) is 19.5 Å². The molecule has 1 aromatic rings. The second-order valence-corrected chi connectivity index (χ2v) is 5.46. The molecule has 104 valence electrons. The number of benzene rings is 1. The molecule has 1 fully saturated rings. The first-order chi connectivity index (χ1) is 9.21. The summed E-state index contributed by atoms with van der Waals surface area (Å²) in [6.07, 6.45) is 4.78. The first-order valence-electron chi connectivity index (χ1n) is 6.62. The molecular formula is C15H20O3S. The van der Waals surface area contributed by atoms with Crippen LogP contribution in [0.4, 0.5) is 0 Å². The summed E-state index contributed by atoms with van der Waals surface area (Å²) in [5.74, 6) is 1.07. The second-order valence-electron chi connectivity index (χ2n) is 5.14. The Hall–Kier alpha value is -1.16. The lowest BCUT2D eigenvalue weighted by atomic mass is 9.90. The number of esters is 1. The molecule has 1 aromatic carbocycles. The van der Waals surface area contributed by atoms with Crippen LogP contribution in [0.3, 0.4) is 0 Å². The molecule has 1 saturated carbocycles. The summed E-state index contributed by atoms with van der Waals surface area (Å²) in [4.78, 5) is 11.7. The van der Waals surface area contributed by atoms with Crippen LogP contribution in [0.15, 0.2) is 24.3 Å². The lowest BCUT2D eigenvalue weighted by Gasteiger charge is -2.27. The van der Waals surface area contributed by atoms with Crippen molar-refractivity contribution in [1.29, 1.82) is 0 Å². The van der Waals surface area contributed by atoms with Crippen molar-refractivity contribution in [2.45, 2.75) is 25.7 Å². The molecular weight excluding hydrogens is 260 g/mol. The Labute approximate surface area is 119 Å². The Morgan fingerprint density at radius 3 is 2.63 bits per heavy atom. The minimum Gasteiger partial charge on any atom is -0.492 e. The van der Waals surface area contributed by atoms with E-state index in [4.69, 9.17) is 9.47 Å². The maximum absolute atomic E-state index is 11.7. The zero-order chi connectivity index (χ0) is 13.7. The Kier molecular flexibility index (Phi) is 4.75. The van der Waals surface area contributed by atoms with E-state index in [1.54, 1.807) is 6.07 Å². The van der Waals surface area contributed by atoms with Crippen molar-refractivity contribution >= 4 is 18.6 Å². The van der Waals surface area contributed by atoms with Gasteiger partial charge in [0, 0.05) is 5.41 Å². The van der Waals surface area contributed by atoms with E-state index in [2.05, 4.69) is 12.6 Å². The number of para-hydroxylation sites is 1. The van der Waals surface area contributed by atoms with Gasteiger partial charge < -0.3 is 9.47 Å². The van der Waals surface area contributed by atoms with E-state index in [-0.39, 0.29) is 11.4 Å². The van der Waals surface area contributed by atoms with E-state index in [0.29, 0.717) is 17.9 Å². The fraction of sp³-hybridized carbons (Fsp3) is 0.533. The van der Waals surface area contributed by atoms with Gasteiger partial charge in [-0.05, 0) is 30.7 Å². The molecule has 19 heavy (non-hydrogen) atoms. The van der Waals surface area contributed by atoms with E-state index < -0.39 is 0 Å². The number of methoxy groups -OCH3 is 1. The summed E-state index contributed by atoms with van der Waals surface area (Å²) in [6.45, 7) is 0.616. The van der Waals surface area contributed by atoms with E-state index in [1.165, 1.54) is 20.0 Å². The van der Waals surface area contributed by atoms with E-state index >= 15 is 0 Å². The minimum atomic E-state index is -0.359. The van der Waals surface area contributed by atoms with Crippen LogP contribution in [-0.2, 0) is 4.74 Å². The van der Waals surface area contributed by atoms with Gasteiger partial charge in [-0.15, -0.1) is 0 Å². The lowest BCUT2D eigenvalue weighted by Crippen LogP contribution is -2.27. The normalized spacial score (nSPS) is 17.2. The fourth-order valence-electron chi connectivity index (χ4n) is 2.58. The van der Waals surface area contributed by atoms with Crippen LogP contribution < -0.4 is 4.74 Å². The average molecular weight is 280 g/mol. The number of rotatable bonds is 5. The first kappa shape index (κ1) is 14.3. The Morgan fingerprint density at radius 1 is 1.32 bits per heavy atom. The number of hydrogen-bond donors (Lipinski definition) is 1. The van der Waals surface area contributed by atoms with Gasteiger partial charge in [-0.3, -0.25) is 0 Å². The molecule has 0 atom stereocenters. The van der Waals surface area contributed by atoms with Gasteiger partial charge in [0.15, 0.2) is 0 Å². The van der Waals surface area contributed by atoms with Crippen molar-refractivity contribution in [3.8, 4) is 5.75 Å². The molecule has 0 saturated heterocycles. The summed E-state index contributed by atoms with van der Waals surface area (Å²) >= 11 is 4.46. The third-order valence-corrected chi connectivity index (χ3v) is 4.50. The zero-order valence-electron chi connectivity index (χ0n) is 11.2. The van der Waals surface area contributed by atoms with Crippen molar-refractivity contribution in [3.63, 3.8) is 0 Å². The zero-order valence-corrected chi connectivity index (χ0v) is 12.1. The van der Waals surface area contributed by atoms with Crippen molar-refractivity contribution < 1.29 is 14.3 Å². The summed E-state index contributed by atoms with van der Waals surface area (Å²) in [5, 5.41) is 0. The molecule has 4 heteroatoms. The predicted octanol–water partition coefficient (Wildman–Crippen LogP) is 3.34. The summed E-state index contributed by atoms with van der Waals surface area (Å²) < 4.78 is 10.7. The predicted molar refractivity (Wildman–Crippen MR) is 78.0 cm³/mol.